The van der Waals surface area contributed by atoms with Gasteiger partial charge >= 0.3 is 0 Å². The van der Waals surface area contributed by atoms with Crippen molar-refractivity contribution in [1.82, 2.24) is 0 Å². The minimum absolute atomic E-state index is 0.170. The first-order valence-electron chi connectivity index (χ1n) is 4.75. The number of halogens is 1. The Kier molecular flexibility index (Phi) is 3.02. The van der Waals surface area contributed by atoms with E-state index in [1.165, 1.54) is 6.07 Å². The van der Waals surface area contributed by atoms with Gasteiger partial charge in [0, 0.05) is 16.1 Å². The van der Waals surface area contributed by atoms with Gasteiger partial charge < -0.3 is 9.84 Å². The molecule has 0 saturated carbocycles. The van der Waals surface area contributed by atoms with Gasteiger partial charge in [-0.3, -0.25) is 0 Å². The van der Waals surface area contributed by atoms with Gasteiger partial charge in [0.25, 0.3) is 0 Å². The molecule has 0 bridgehead atoms. The highest BCUT2D eigenvalue weighted by Crippen LogP contribution is 2.36. The van der Waals surface area contributed by atoms with E-state index in [1.54, 1.807) is 31.4 Å². The Morgan fingerprint density at radius 2 is 2.06 bits per heavy atom. The van der Waals surface area contributed by atoms with Crippen LogP contribution in [0.25, 0.3) is 11.1 Å². The van der Waals surface area contributed by atoms with Gasteiger partial charge in [-0.1, -0.05) is 17.7 Å². The number of aromatic hydroxyl groups is 1. The third-order valence-corrected chi connectivity index (χ3v) is 2.53. The average Bonchev–Trinajstić information content (AvgIpc) is 2.30. The van der Waals surface area contributed by atoms with Gasteiger partial charge in [-0.25, -0.2) is 0 Å². The molecule has 1 N–H and O–H groups in total. The summed E-state index contributed by atoms with van der Waals surface area (Å²) in [6, 6.07) is 13.1. The maximum Gasteiger partial charge on any atom is 0.128 e. The van der Waals surface area contributed by atoms with Crippen molar-refractivity contribution < 1.29 is 9.84 Å². The van der Waals surface area contributed by atoms with Crippen LogP contribution in [0.4, 0.5) is 0 Å². The van der Waals surface area contributed by atoms with Crippen LogP contribution in [0.5, 0.6) is 11.5 Å². The maximum absolute atomic E-state index is 9.73. The lowest BCUT2D eigenvalue weighted by Crippen LogP contribution is -1.88. The number of hydrogen-bond donors (Lipinski definition) is 1. The van der Waals surface area contributed by atoms with Crippen LogP contribution in [0.2, 0.25) is 5.02 Å². The zero-order chi connectivity index (χ0) is 11.5. The highest BCUT2D eigenvalue weighted by molar-refractivity contribution is 6.30. The summed E-state index contributed by atoms with van der Waals surface area (Å²) in [7, 11) is 1.57. The molecule has 0 fully saturated rings. The Labute approximate surface area is 99.1 Å². The van der Waals surface area contributed by atoms with Crippen molar-refractivity contribution >= 4 is 11.6 Å². The van der Waals surface area contributed by atoms with E-state index in [9.17, 15) is 5.11 Å². The summed E-state index contributed by atoms with van der Waals surface area (Å²) in [4.78, 5) is 0. The summed E-state index contributed by atoms with van der Waals surface area (Å²) in [6.45, 7) is 0. The maximum atomic E-state index is 9.73. The summed E-state index contributed by atoms with van der Waals surface area (Å²) in [5, 5.41) is 10.3. The Morgan fingerprint density at radius 1 is 1.25 bits per heavy atom. The Hall–Kier alpha value is -1.67. The van der Waals surface area contributed by atoms with E-state index >= 15 is 0 Å². The van der Waals surface area contributed by atoms with Crippen LogP contribution in [-0.2, 0) is 0 Å². The van der Waals surface area contributed by atoms with E-state index < -0.39 is 0 Å². The van der Waals surface area contributed by atoms with Gasteiger partial charge in [-0.2, -0.15) is 0 Å². The molecule has 0 spiro atoms. The third-order valence-electron chi connectivity index (χ3n) is 2.30. The average molecular weight is 234 g/mol. The molecule has 0 atom stereocenters. The first kappa shape index (κ1) is 10.8. The molecule has 0 amide bonds. The number of methoxy groups -OCH3 is 1. The molecule has 0 aliphatic heterocycles. The fraction of sp³-hybridized carbons (Fsp3) is 0.0769. The fourth-order valence-electron chi connectivity index (χ4n) is 1.54. The van der Waals surface area contributed by atoms with E-state index in [0.717, 1.165) is 5.56 Å². The van der Waals surface area contributed by atoms with Crippen LogP contribution in [0, 0.1) is 6.07 Å². The largest absolute Gasteiger partial charge is 0.507 e. The lowest BCUT2D eigenvalue weighted by molar-refractivity contribution is 0.416. The fourth-order valence-corrected chi connectivity index (χ4v) is 1.70. The molecule has 0 heterocycles. The molecule has 16 heavy (non-hydrogen) atoms. The van der Waals surface area contributed by atoms with Crippen molar-refractivity contribution in [3.8, 4) is 22.6 Å². The molecule has 81 valence electrons. The third kappa shape index (κ3) is 1.97. The molecule has 0 saturated heterocycles. The molecular weight excluding hydrogens is 224 g/mol. The van der Waals surface area contributed by atoms with E-state index in [0.29, 0.717) is 16.3 Å². The van der Waals surface area contributed by atoms with Crippen molar-refractivity contribution in [2.24, 2.45) is 0 Å². The smallest absolute Gasteiger partial charge is 0.128 e. The lowest BCUT2D eigenvalue weighted by Gasteiger charge is -2.10. The molecule has 2 aromatic rings. The molecule has 2 aromatic carbocycles. The topological polar surface area (TPSA) is 29.5 Å². The van der Waals surface area contributed by atoms with E-state index in [1.807, 2.05) is 6.07 Å². The number of rotatable bonds is 2. The predicted molar refractivity (Wildman–Crippen MR) is 63.9 cm³/mol. The second kappa shape index (κ2) is 4.45. The second-order valence-corrected chi connectivity index (χ2v) is 3.72. The van der Waals surface area contributed by atoms with Crippen LogP contribution < -0.4 is 4.74 Å². The molecule has 3 heteroatoms. The molecule has 1 radical (unpaired) electrons. The van der Waals surface area contributed by atoms with E-state index in [2.05, 4.69) is 6.07 Å². The standard InChI is InChI=1S/C13H10ClO2/c1-16-13-8-9(14)6-7-11(13)10-4-2-3-5-12(10)15/h2,4-8,15H,1H3. The zero-order valence-corrected chi connectivity index (χ0v) is 9.45. The van der Waals surface area contributed by atoms with Crippen molar-refractivity contribution in [1.29, 1.82) is 0 Å². The highest BCUT2D eigenvalue weighted by atomic mass is 35.5. The summed E-state index contributed by atoms with van der Waals surface area (Å²) in [5.74, 6) is 0.803. The van der Waals surface area contributed by atoms with Gasteiger partial charge in [-0.15, -0.1) is 0 Å². The van der Waals surface area contributed by atoms with Crippen LogP contribution in [0.1, 0.15) is 0 Å². The molecule has 0 aliphatic carbocycles. The van der Waals surface area contributed by atoms with Crippen molar-refractivity contribution in [2.75, 3.05) is 7.11 Å². The zero-order valence-electron chi connectivity index (χ0n) is 8.70. The molecule has 0 unspecified atom stereocenters. The van der Waals surface area contributed by atoms with Gasteiger partial charge in [0.15, 0.2) is 0 Å². The minimum Gasteiger partial charge on any atom is -0.507 e. The summed E-state index contributed by atoms with van der Waals surface area (Å²) >= 11 is 5.87. The first-order chi connectivity index (χ1) is 7.72. The normalized spacial score (nSPS) is 10.1. The van der Waals surface area contributed by atoms with Gasteiger partial charge in [-0.05, 0) is 36.4 Å². The number of phenolic OH excluding ortho intramolecular Hbond substituents is 1. The summed E-state index contributed by atoms with van der Waals surface area (Å²) in [5.41, 5.74) is 1.51. The van der Waals surface area contributed by atoms with Crippen LogP contribution >= 0.6 is 11.6 Å². The molecule has 2 rings (SSSR count). The summed E-state index contributed by atoms with van der Waals surface area (Å²) in [6.07, 6.45) is 0. The number of benzene rings is 2. The monoisotopic (exact) mass is 233 g/mol. The van der Waals surface area contributed by atoms with Crippen LogP contribution in [-0.4, -0.2) is 12.2 Å². The Balaban J connectivity index is 2.60. The summed E-state index contributed by atoms with van der Waals surface area (Å²) < 4.78 is 5.23. The van der Waals surface area contributed by atoms with Crippen LogP contribution in [0.15, 0.2) is 36.4 Å². The van der Waals surface area contributed by atoms with Crippen molar-refractivity contribution in [3.63, 3.8) is 0 Å². The molecule has 2 nitrogen and oxygen atoms in total. The highest BCUT2D eigenvalue weighted by Gasteiger charge is 2.09. The van der Waals surface area contributed by atoms with E-state index in [-0.39, 0.29) is 5.75 Å². The van der Waals surface area contributed by atoms with Crippen LogP contribution in [0.3, 0.4) is 0 Å². The first-order valence-corrected chi connectivity index (χ1v) is 5.13. The SMILES string of the molecule is COc1cc(Cl)ccc1-c1cc[c]cc1O. The van der Waals surface area contributed by atoms with Gasteiger partial charge in [0.2, 0.25) is 0 Å². The van der Waals surface area contributed by atoms with Gasteiger partial charge in [0.05, 0.1) is 7.11 Å². The predicted octanol–water partition coefficient (Wildman–Crippen LogP) is 3.52. The second-order valence-electron chi connectivity index (χ2n) is 3.29. The van der Waals surface area contributed by atoms with E-state index in [4.69, 9.17) is 16.3 Å². The molecule has 0 aliphatic rings. The molecule has 0 aromatic heterocycles. The Morgan fingerprint density at radius 3 is 2.75 bits per heavy atom. The Bertz CT molecular complexity index is 509. The quantitative estimate of drug-likeness (QED) is 0.860. The number of phenols is 1. The minimum atomic E-state index is 0.170. The van der Waals surface area contributed by atoms with Crippen molar-refractivity contribution in [2.45, 2.75) is 0 Å². The van der Waals surface area contributed by atoms with Gasteiger partial charge in [0.1, 0.15) is 11.5 Å². The number of hydrogen-bond acceptors (Lipinski definition) is 2. The number of ether oxygens (including phenoxy) is 1. The molecular formula is C13H10ClO2. The van der Waals surface area contributed by atoms with Crippen molar-refractivity contribution in [3.05, 3.63) is 47.5 Å². The lowest BCUT2D eigenvalue weighted by atomic mass is 10.0.